The minimum atomic E-state index is -2.56. The summed E-state index contributed by atoms with van der Waals surface area (Å²) in [7, 11) is 0. The molecule has 0 nitrogen and oxygen atoms in total. The predicted molar refractivity (Wildman–Crippen MR) is 38.2 cm³/mol. The normalized spacial score (nSPS) is 10.8. The Kier molecular flexibility index (Phi) is 3.31. The molecule has 0 spiro atoms. The molecule has 0 bridgehead atoms. The SMILES string of the molecule is C=C=C(C)CCC(C)(F)F. The molecule has 10 heavy (non-hydrogen) atoms. The van der Waals surface area contributed by atoms with Crippen LogP contribution in [0.5, 0.6) is 0 Å². The third-order valence-corrected chi connectivity index (χ3v) is 1.24. The van der Waals surface area contributed by atoms with Crippen molar-refractivity contribution in [1.82, 2.24) is 0 Å². The Morgan fingerprint density at radius 1 is 1.60 bits per heavy atom. The van der Waals surface area contributed by atoms with E-state index in [1.165, 1.54) is 0 Å². The maximum atomic E-state index is 12.2. The minimum Gasteiger partial charge on any atom is -0.207 e. The average Bonchev–Trinajstić information content (AvgIpc) is 1.81. The monoisotopic (exact) mass is 146 g/mol. The van der Waals surface area contributed by atoms with E-state index in [2.05, 4.69) is 12.3 Å². The van der Waals surface area contributed by atoms with Crippen molar-refractivity contribution >= 4 is 0 Å². The van der Waals surface area contributed by atoms with Gasteiger partial charge >= 0.3 is 0 Å². The zero-order valence-corrected chi connectivity index (χ0v) is 6.38. The summed E-state index contributed by atoms with van der Waals surface area (Å²) < 4.78 is 24.3. The minimum absolute atomic E-state index is 0.110. The van der Waals surface area contributed by atoms with Crippen molar-refractivity contribution < 1.29 is 8.78 Å². The van der Waals surface area contributed by atoms with Gasteiger partial charge < -0.3 is 0 Å². The highest BCUT2D eigenvalue weighted by molar-refractivity contribution is 4.94. The van der Waals surface area contributed by atoms with E-state index in [-0.39, 0.29) is 6.42 Å². The van der Waals surface area contributed by atoms with Gasteiger partial charge in [-0.25, -0.2) is 8.78 Å². The van der Waals surface area contributed by atoms with Gasteiger partial charge in [-0.1, -0.05) is 6.58 Å². The first-order valence-corrected chi connectivity index (χ1v) is 3.19. The molecular formula is C8H12F2. The fourth-order valence-electron chi connectivity index (χ4n) is 0.495. The zero-order valence-electron chi connectivity index (χ0n) is 6.38. The molecule has 0 fully saturated rings. The molecule has 0 aliphatic rings. The van der Waals surface area contributed by atoms with Crippen LogP contribution in [0.3, 0.4) is 0 Å². The van der Waals surface area contributed by atoms with Crippen molar-refractivity contribution in [2.45, 2.75) is 32.6 Å². The van der Waals surface area contributed by atoms with Crippen LogP contribution < -0.4 is 0 Å². The smallest absolute Gasteiger partial charge is 0.207 e. The van der Waals surface area contributed by atoms with E-state index in [4.69, 9.17) is 0 Å². The molecule has 0 aromatic heterocycles. The number of rotatable bonds is 3. The average molecular weight is 146 g/mol. The van der Waals surface area contributed by atoms with E-state index in [0.29, 0.717) is 6.42 Å². The second-order valence-corrected chi connectivity index (χ2v) is 2.53. The van der Waals surface area contributed by atoms with Gasteiger partial charge in [0.05, 0.1) is 0 Å². The standard InChI is InChI=1S/C8H12F2/c1-4-7(2)5-6-8(3,9)10/h1,5-6H2,2-3H3. The van der Waals surface area contributed by atoms with Gasteiger partial charge in [0.15, 0.2) is 0 Å². The lowest BCUT2D eigenvalue weighted by molar-refractivity contribution is 0.0133. The van der Waals surface area contributed by atoms with E-state index in [1.54, 1.807) is 6.92 Å². The molecule has 58 valence electrons. The lowest BCUT2D eigenvalue weighted by Gasteiger charge is -2.07. The molecule has 0 amide bonds. The van der Waals surface area contributed by atoms with Gasteiger partial charge in [0.2, 0.25) is 5.92 Å². The van der Waals surface area contributed by atoms with E-state index < -0.39 is 5.92 Å². The van der Waals surface area contributed by atoms with Crippen molar-refractivity contribution in [1.29, 1.82) is 0 Å². The Bertz CT molecular complexity index is 147. The second-order valence-electron chi connectivity index (χ2n) is 2.53. The van der Waals surface area contributed by atoms with Crippen LogP contribution in [-0.2, 0) is 0 Å². The molecule has 0 aromatic rings. The van der Waals surface area contributed by atoms with E-state index >= 15 is 0 Å². The number of allylic oxidation sites excluding steroid dienone is 1. The van der Waals surface area contributed by atoms with Crippen molar-refractivity contribution in [3.63, 3.8) is 0 Å². The third kappa shape index (κ3) is 5.52. The van der Waals surface area contributed by atoms with Crippen LogP contribution in [-0.4, -0.2) is 5.92 Å². The molecule has 0 rings (SSSR count). The lowest BCUT2D eigenvalue weighted by Crippen LogP contribution is -2.08. The Labute approximate surface area is 60.2 Å². The molecule has 0 atom stereocenters. The van der Waals surface area contributed by atoms with Gasteiger partial charge in [-0.05, 0) is 25.8 Å². The summed E-state index contributed by atoms with van der Waals surface area (Å²) in [6.07, 6.45) is 0.272. The molecule has 0 aliphatic carbocycles. The molecule has 0 aromatic carbocycles. The maximum Gasteiger partial charge on any atom is 0.245 e. The van der Waals surface area contributed by atoms with Crippen LogP contribution in [0.1, 0.15) is 26.7 Å². The highest BCUT2D eigenvalue weighted by Gasteiger charge is 2.19. The van der Waals surface area contributed by atoms with Crippen LogP contribution in [0.4, 0.5) is 8.78 Å². The summed E-state index contributed by atoms with van der Waals surface area (Å²) in [6.45, 7) is 6.02. The summed E-state index contributed by atoms with van der Waals surface area (Å²) in [5, 5.41) is 0. The number of alkyl halides is 2. The van der Waals surface area contributed by atoms with Gasteiger partial charge in [0.25, 0.3) is 0 Å². The maximum absolute atomic E-state index is 12.2. The van der Waals surface area contributed by atoms with Crippen molar-refractivity contribution in [2.24, 2.45) is 0 Å². The Balaban J connectivity index is 3.66. The van der Waals surface area contributed by atoms with Crippen LogP contribution in [0.2, 0.25) is 0 Å². The summed E-state index contributed by atoms with van der Waals surface area (Å²) in [4.78, 5) is 0. The van der Waals surface area contributed by atoms with Gasteiger partial charge in [-0.15, -0.1) is 5.73 Å². The number of hydrogen-bond acceptors (Lipinski definition) is 0. The Hall–Kier alpha value is -0.620. The Morgan fingerprint density at radius 2 is 2.10 bits per heavy atom. The first-order chi connectivity index (χ1) is 4.45. The molecular weight excluding hydrogens is 134 g/mol. The van der Waals surface area contributed by atoms with Crippen LogP contribution in [0.15, 0.2) is 17.9 Å². The summed E-state index contributed by atoms with van der Waals surface area (Å²) in [6, 6.07) is 0. The largest absolute Gasteiger partial charge is 0.245 e. The molecule has 2 heteroatoms. The fourth-order valence-corrected chi connectivity index (χ4v) is 0.495. The number of halogens is 2. The van der Waals surface area contributed by atoms with Crippen molar-refractivity contribution in [3.8, 4) is 0 Å². The van der Waals surface area contributed by atoms with Gasteiger partial charge in [0, 0.05) is 6.42 Å². The summed E-state index contributed by atoms with van der Waals surface area (Å²) in [5.74, 6) is -2.56. The van der Waals surface area contributed by atoms with Crippen LogP contribution in [0.25, 0.3) is 0 Å². The van der Waals surface area contributed by atoms with Gasteiger partial charge in [0.1, 0.15) is 0 Å². The van der Waals surface area contributed by atoms with E-state index in [0.717, 1.165) is 12.5 Å². The van der Waals surface area contributed by atoms with Gasteiger partial charge in [-0.2, -0.15) is 0 Å². The third-order valence-electron chi connectivity index (χ3n) is 1.24. The van der Waals surface area contributed by atoms with Crippen LogP contribution in [0, 0.1) is 0 Å². The quantitative estimate of drug-likeness (QED) is 0.536. The molecule has 0 unspecified atom stereocenters. The lowest BCUT2D eigenvalue weighted by atomic mass is 10.1. The second kappa shape index (κ2) is 3.52. The van der Waals surface area contributed by atoms with Gasteiger partial charge in [-0.3, -0.25) is 0 Å². The highest BCUT2D eigenvalue weighted by atomic mass is 19.3. The first-order valence-electron chi connectivity index (χ1n) is 3.19. The predicted octanol–water partition coefficient (Wildman–Crippen LogP) is 3.15. The zero-order chi connectivity index (χ0) is 8.20. The topological polar surface area (TPSA) is 0 Å². The molecule has 0 aliphatic heterocycles. The molecule has 0 saturated carbocycles. The molecule has 0 heterocycles. The highest BCUT2D eigenvalue weighted by Crippen LogP contribution is 2.20. The van der Waals surface area contributed by atoms with E-state index in [1.807, 2.05) is 0 Å². The summed E-state index contributed by atoms with van der Waals surface area (Å²) in [5.41, 5.74) is 3.36. The fraction of sp³-hybridized carbons (Fsp3) is 0.625. The van der Waals surface area contributed by atoms with Crippen LogP contribution >= 0.6 is 0 Å². The summed E-state index contributed by atoms with van der Waals surface area (Å²) >= 11 is 0. The molecule has 0 N–H and O–H groups in total. The first kappa shape index (κ1) is 9.38. The number of hydrogen-bond donors (Lipinski definition) is 0. The van der Waals surface area contributed by atoms with Crippen molar-refractivity contribution in [3.05, 3.63) is 17.9 Å². The van der Waals surface area contributed by atoms with Crippen molar-refractivity contribution in [2.75, 3.05) is 0 Å². The van der Waals surface area contributed by atoms with E-state index in [9.17, 15) is 8.78 Å². The molecule has 0 radical (unpaired) electrons. The molecule has 0 saturated heterocycles. The Morgan fingerprint density at radius 3 is 2.40 bits per heavy atom.